The van der Waals surface area contributed by atoms with Crippen molar-refractivity contribution in [3.8, 4) is 0 Å². The number of aromatic nitrogens is 1. The Morgan fingerprint density at radius 3 is 3.08 bits per heavy atom. The number of hydrogen-bond acceptors (Lipinski definition) is 3. The Morgan fingerprint density at radius 2 is 2.25 bits per heavy atom. The summed E-state index contributed by atoms with van der Waals surface area (Å²) >= 11 is 0. The fourth-order valence-electron chi connectivity index (χ4n) is 4.18. The first-order valence-electron chi connectivity index (χ1n) is 8.68. The summed E-state index contributed by atoms with van der Waals surface area (Å²) in [6, 6.07) is 8.67. The Labute approximate surface area is 141 Å². The molecule has 2 aliphatic rings. The first-order chi connectivity index (χ1) is 11.7. The molecule has 1 heterocycles. The van der Waals surface area contributed by atoms with Crippen molar-refractivity contribution in [1.29, 1.82) is 0 Å². The van der Waals surface area contributed by atoms with Gasteiger partial charge in [-0.15, -0.1) is 0 Å². The van der Waals surface area contributed by atoms with Crippen LogP contribution in [0.1, 0.15) is 42.0 Å². The minimum Gasteiger partial charge on any atom is -0.449 e. The van der Waals surface area contributed by atoms with Crippen LogP contribution in [0.5, 0.6) is 0 Å². The maximum atomic E-state index is 12.0. The van der Waals surface area contributed by atoms with E-state index in [4.69, 9.17) is 4.42 Å². The lowest BCUT2D eigenvalue weighted by Crippen LogP contribution is -2.37. The van der Waals surface area contributed by atoms with Gasteiger partial charge >= 0.3 is 6.03 Å². The number of nitrogens with zero attached hydrogens (tertiary/aromatic N) is 1. The zero-order valence-electron chi connectivity index (χ0n) is 14.0. The minimum absolute atomic E-state index is 0.137. The van der Waals surface area contributed by atoms with Crippen molar-refractivity contribution in [3.63, 3.8) is 0 Å². The van der Waals surface area contributed by atoms with Gasteiger partial charge in [-0.1, -0.05) is 24.3 Å². The summed E-state index contributed by atoms with van der Waals surface area (Å²) in [5.74, 6) is 1.17. The van der Waals surface area contributed by atoms with E-state index in [2.05, 4.69) is 39.9 Å². The molecule has 1 saturated carbocycles. The van der Waals surface area contributed by atoms with Crippen LogP contribution in [-0.4, -0.2) is 17.6 Å². The van der Waals surface area contributed by atoms with Crippen LogP contribution in [-0.2, 0) is 18.4 Å². The minimum atomic E-state index is -0.137. The molecule has 1 aromatic carbocycles. The summed E-state index contributed by atoms with van der Waals surface area (Å²) in [6.45, 7) is 2.91. The number of oxazole rings is 1. The molecule has 2 atom stereocenters. The number of benzene rings is 1. The van der Waals surface area contributed by atoms with Crippen LogP contribution in [0.2, 0.25) is 0 Å². The van der Waals surface area contributed by atoms with E-state index in [0.717, 1.165) is 12.2 Å². The summed E-state index contributed by atoms with van der Waals surface area (Å²) in [5.41, 5.74) is 4.07. The van der Waals surface area contributed by atoms with E-state index in [1.54, 1.807) is 13.2 Å². The van der Waals surface area contributed by atoms with Crippen LogP contribution < -0.4 is 10.6 Å². The molecule has 5 nitrogen and oxygen atoms in total. The quantitative estimate of drug-likeness (QED) is 0.908. The Kier molecular flexibility index (Phi) is 3.79. The fraction of sp³-hybridized carbons (Fsp3) is 0.474. The van der Waals surface area contributed by atoms with Crippen molar-refractivity contribution < 1.29 is 9.21 Å². The number of carbonyl (C=O) groups excluding carboxylic acids is 1. The number of rotatable bonds is 4. The summed E-state index contributed by atoms with van der Waals surface area (Å²) in [7, 11) is 0. The van der Waals surface area contributed by atoms with Gasteiger partial charge in [0.15, 0.2) is 5.89 Å². The van der Waals surface area contributed by atoms with Crippen molar-refractivity contribution >= 4 is 6.03 Å². The average Bonchev–Trinajstić information content (AvgIpc) is 3.11. The second-order valence-corrected chi connectivity index (χ2v) is 6.99. The number of fused-ring (bicyclic) bond motifs is 2. The number of hydrogen-bond donors (Lipinski definition) is 2. The maximum absolute atomic E-state index is 12.0. The lowest BCUT2D eigenvalue weighted by atomic mass is 9.78. The molecule has 24 heavy (non-hydrogen) atoms. The largest absolute Gasteiger partial charge is 0.449 e. The van der Waals surface area contributed by atoms with Crippen molar-refractivity contribution in [2.24, 2.45) is 5.92 Å². The Morgan fingerprint density at radius 1 is 1.38 bits per heavy atom. The molecule has 2 amide bonds. The molecule has 2 aliphatic carbocycles. The number of nitrogens with one attached hydrogen (secondary N) is 2. The standard InChI is InChI=1S/C19H23N3O2/c1-13-22-16(12-24-13)11-21-18(23)20-10-15-9-19(15)8-4-6-14-5-2-3-7-17(14)19/h2-3,5,7,12,15H,4,6,8-11H2,1H3,(H2,20,21,23)/t15-,19+/m0/s1. The van der Waals surface area contributed by atoms with E-state index in [-0.39, 0.29) is 6.03 Å². The smallest absolute Gasteiger partial charge is 0.315 e. The third kappa shape index (κ3) is 2.79. The molecule has 5 heteroatoms. The maximum Gasteiger partial charge on any atom is 0.315 e. The van der Waals surface area contributed by atoms with Gasteiger partial charge in [-0.05, 0) is 42.7 Å². The molecular weight excluding hydrogens is 302 g/mol. The molecule has 0 aliphatic heterocycles. The molecule has 1 fully saturated rings. The van der Waals surface area contributed by atoms with E-state index >= 15 is 0 Å². The van der Waals surface area contributed by atoms with Gasteiger partial charge in [0, 0.05) is 18.9 Å². The van der Waals surface area contributed by atoms with E-state index in [0.29, 0.717) is 23.8 Å². The predicted octanol–water partition coefficient (Wildman–Crippen LogP) is 3.08. The van der Waals surface area contributed by atoms with Gasteiger partial charge in [0.2, 0.25) is 0 Å². The van der Waals surface area contributed by atoms with Gasteiger partial charge in [-0.2, -0.15) is 0 Å². The third-order valence-electron chi connectivity index (χ3n) is 5.46. The number of aryl methyl sites for hydroxylation is 2. The van der Waals surface area contributed by atoms with Crippen LogP contribution in [0.3, 0.4) is 0 Å². The Hall–Kier alpha value is -2.30. The average molecular weight is 325 g/mol. The molecule has 0 bridgehead atoms. The van der Waals surface area contributed by atoms with Crippen LogP contribution >= 0.6 is 0 Å². The first kappa shape index (κ1) is 15.2. The summed E-state index contributed by atoms with van der Waals surface area (Å²) in [6.07, 6.45) is 6.45. The molecule has 2 N–H and O–H groups in total. The monoisotopic (exact) mass is 325 g/mol. The van der Waals surface area contributed by atoms with E-state index in [9.17, 15) is 4.79 Å². The summed E-state index contributed by atoms with van der Waals surface area (Å²) in [4.78, 5) is 16.2. The van der Waals surface area contributed by atoms with Crippen molar-refractivity contribution in [2.75, 3.05) is 6.54 Å². The van der Waals surface area contributed by atoms with Crippen LogP contribution in [0.4, 0.5) is 4.79 Å². The second-order valence-electron chi connectivity index (χ2n) is 6.99. The van der Waals surface area contributed by atoms with Crippen molar-refractivity contribution in [3.05, 3.63) is 53.2 Å². The van der Waals surface area contributed by atoms with Gasteiger partial charge in [0.05, 0.1) is 12.2 Å². The molecule has 1 spiro atoms. The van der Waals surface area contributed by atoms with Crippen LogP contribution in [0.25, 0.3) is 0 Å². The van der Waals surface area contributed by atoms with Gasteiger partial charge in [0.25, 0.3) is 0 Å². The molecular formula is C19H23N3O2. The summed E-state index contributed by atoms with van der Waals surface area (Å²) < 4.78 is 5.13. The van der Waals surface area contributed by atoms with Crippen molar-refractivity contribution in [2.45, 2.75) is 44.6 Å². The zero-order chi connectivity index (χ0) is 16.6. The highest BCUT2D eigenvalue weighted by Gasteiger charge is 2.56. The van der Waals surface area contributed by atoms with Crippen LogP contribution in [0.15, 0.2) is 34.9 Å². The molecule has 126 valence electrons. The molecule has 1 aromatic heterocycles. The lowest BCUT2D eigenvalue weighted by Gasteiger charge is -2.26. The molecule has 0 saturated heterocycles. The molecule has 0 unspecified atom stereocenters. The third-order valence-corrected chi connectivity index (χ3v) is 5.46. The highest BCUT2D eigenvalue weighted by molar-refractivity contribution is 5.73. The highest BCUT2D eigenvalue weighted by atomic mass is 16.3. The zero-order valence-corrected chi connectivity index (χ0v) is 14.0. The SMILES string of the molecule is Cc1nc(CNC(=O)NC[C@@H]2C[C@]23CCCc2ccccc23)co1. The fourth-order valence-corrected chi connectivity index (χ4v) is 4.18. The van der Waals surface area contributed by atoms with Gasteiger partial charge in [0.1, 0.15) is 6.26 Å². The number of carbonyl (C=O) groups is 1. The Balaban J connectivity index is 1.30. The number of amides is 2. The lowest BCUT2D eigenvalue weighted by molar-refractivity contribution is 0.239. The second kappa shape index (κ2) is 5.96. The van der Waals surface area contributed by atoms with E-state index in [1.165, 1.54) is 36.8 Å². The van der Waals surface area contributed by atoms with Gasteiger partial charge in [-0.25, -0.2) is 9.78 Å². The Bertz CT molecular complexity index is 755. The molecule has 2 aromatic rings. The van der Waals surface area contributed by atoms with Gasteiger partial charge in [-0.3, -0.25) is 0 Å². The van der Waals surface area contributed by atoms with E-state index < -0.39 is 0 Å². The topological polar surface area (TPSA) is 67.2 Å². The molecule has 4 rings (SSSR count). The normalized spacial score (nSPS) is 24.5. The predicted molar refractivity (Wildman–Crippen MR) is 90.6 cm³/mol. The molecule has 0 radical (unpaired) electrons. The number of urea groups is 1. The first-order valence-corrected chi connectivity index (χ1v) is 8.68. The van der Waals surface area contributed by atoms with Crippen molar-refractivity contribution in [1.82, 2.24) is 15.6 Å². The van der Waals surface area contributed by atoms with Crippen LogP contribution in [0, 0.1) is 12.8 Å². The highest BCUT2D eigenvalue weighted by Crippen LogP contribution is 2.59. The summed E-state index contributed by atoms with van der Waals surface area (Å²) in [5, 5.41) is 5.85. The van der Waals surface area contributed by atoms with E-state index in [1.807, 2.05) is 0 Å². The van der Waals surface area contributed by atoms with Gasteiger partial charge < -0.3 is 15.1 Å².